The van der Waals surface area contributed by atoms with Crippen LogP contribution in [-0.2, 0) is 13.2 Å². The van der Waals surface area contributed by atoms with Gasteiger partial charge in [-0.1, -0.05) is 42.5 Å². The number of nitrogens with two attached hydrogens (primary N) is 2. The number of amides is 2. The summed E-state index contributed by atoms with van der Waals surface area (Å²) in [6, 6.07) is 44.5. The molecule has 0 bridgehead atoms. The van der Waals surface area contributed by atoms with Gasteiger partial charge in [0.15, 0.2) is 0 Å². The first-order chi connectivity index (χ1) is 39.7. The van der Waals surface area contributed by atoms with Crippen LogP contribution in [0.4, 0.5) is 8.78 Å². The second-order valence-electron chi connectivity index (χ2n) is 20.3. The SMILES string of the molecule is CCC[CH2][Sn]([CH2]CCC)([CH2]CCC)[c]1cccc(C)n1.Cc1cccc(-c2ccc(OCc3ccccc3F)cc2-c2ccc3ncc(C(N)=O)n3c2)n1.NC(=O)c1cnc2ccc(-c3cc(OCc4ccccc4F)ccc3I)cn12. The summed E-state index contributed by atoms with van der Waals surface area (Å²) >= 11 is -0.0116. The van der Waals surface area contributed by atoms with Gasteiger partial charge >= 0.3 is 130 Å². The molecule has 4 aromatic carbocycles. The Balaban J connectivity index is 0.000000167. The van der Waals surface area contributed by atoms with E-state index < -0.39 is 30.2 Å². The van der Waals surface area contributed by atoms with E-state index in [-0.39, 0.29) is 24.8 Å². The number of benzene rings is 4. The molecule has 0 atom stereocenters. The second-order valence-corrected chi connectivity index (χ2v) is 34.5. The van der Waals surface area contributed by atoms with Crippen LogP contribution in [0.1, 0.15) is 103 Å². The van der Waals surface area contributed by atoms with Crippen LogP contribution in [-0.4, -0.2) is 58.9 Å². The summed E-state index contributed by atoms with van der Waals surface area (Å²) in [4.78, 5) is 41.6. The first kappa shape index (κ1) is 60.6. The fourth-order valence-electron chi connectivity index (χ4n) is 9.92. The molecule has 0 aliphatic carbocycles. The van der Waals surface area contributed by atoms with Crippen molar-refractivity contribution in [1.29, 1.82) is 0 Å². The molecule has 0 saturated carbocycles. The summed E-state index contributed by atoms with van der Waals surface area (Å²) in [5, 5.41) is 0. The van der Waals surface area contributed by atoms with Crippen LogP contribution in [0.2, 0.25) is 13.3 Å². The molecule has 0 unspecified atom stereocenters. The molecule has 16 heteroatoms. The molecule has 0 spiro atoms. The number of carbonyl (C=O) groups is 2. The van der Waals surface area contributed by atoms with Gasteiger partial charge in [-0.2, -0.15) is 0 Å². The topological polar surface area (TPSA) is 165 Å². The van der Waals surface area contributed by atoms with Gasteiger partial charge in [-0.3, -0.25) is 23.4 Å². The Kier molecular flexibility index (Phi) is 21.4. The number of halogens is 3. The molecule has 0 fully saturated rings. The molecule has 0 aliphatic rings. The average Bonchev–Trinajstić information content (AvgIpc) is 4.18. The molecule has 12 nitrogen and oxygen atoms in total. The van der Waals surface area contributed by atoms with Gasteiger partial charge in [-0.05, 0) is 131 Å². The number of carbonyl (C=O) groups excluding carboxylic acids is 2. The van der Waals surface area contributed by atoms with Gasteiger partial charge in [0.05, 0.1) is 18.1 Å². The Morgan fingerprint density at radius 3 is 1.51 bits per heavy atom. The van der Waals surface area contributed by atoms with Gasteiger partial charge in [0, 0.05) is 43.9 Å². The maximum atomic E-state index is 14.0. The van der Waals surface area contributed by atoms with Gasteiger partial charge in [0.1, 0.15) is 59.0 Å². The van der Waals surface area contributed by atoms with E-state index in [9.17, 15) is 18.4 Å². The maximum absolute atomic E-state index is 14.0. The van der Waals surface area contributed by atoms with Crippen LogP contribution >= 0.6 is 22.6 Å². The minimum atomic E-state index is -2.25. The predicted octanol–water partition coefficient (Wildman–Crippen LogP) is 15.1. The van der Waals surface area contributed by atoms with Crippen molar-refractivity contribution in [3.63, 3.8) is 0 Å². The maximum Gasteiger partial charge on any atom is 0.267 e. The first-order valence-electron chi connectivity index (χ1n) is 27.8. The van der Waals surface area contributed by atoms with Crippen molar-refractivity contribution in [1.82, 2.24) is 28.7 Å². The zero-order valence-electron chi connectivity index (χ0n) is 47.0. The summed E-state index contributed by atoms with van der Waals surface area (Å²) in [7, 11) is 0. The number of hydrogen-bond donors (Lipinski definition) is 2. The minimum absolute atomic E-state index is 0.0978. The third-order valence-corrected chi connectivity index (χ3v) is 30.5. The first-order valence-corrected chi connectivity index (χ1v) is 36.4. The van der Waals surface area contributed by atoms with E-state index in [1.807, 2.05) is 98.2 Å². The summed E-state index contributed by atoms with van der Waals surface area (Å²) in [6.07, 6.45) is 14.8. The number of pyridine rings is 4. The zero-order valence-corrected chi connectivity index (χ0v) is 52.1. The molecule has 4 N–H and O–H groups in total. The largest absolute Gasteiger partial charge is 0.489 e. The average molecular weight is 1320 g/mol. The number of aryl methyl sites for hydroxylation is 2. The van der Waals surface area contributed by atoms with Crippen LogP contribution in [0.15, 0.2) is 170 Å². The van der Waals surface area contributed by atoms with Crippen LogP contribution in [0.5, 0.6) is 11.5 Å². The Morgan fingerprint density at radius 1 is 0.549 bits per heavy atom. The van der Waals surface area contributed by atoms with Crippen LogP contribution < -0.4 is 24.7 Å². The number of ether oxygens (including phenoxy) is 2. The molecule has 0 saturated heterocycles. The monoisotopic (exact) mass is 1320 g/mol. The molecular formula is C66H69F2IN8O4Sn. The van der Waals surface area contributed by atoms with Gasteiger partial charge in [0.25, 0.3) is 11.8 Å². The van der Waals surface area contributed by atoms with E-state index >= 15 is 0 Å². The summed E-state index contributed by atoms with van der Waals surface area (Å²) in [6.45, 7) is 11.3. The molecule has 10 aromatic rings. The number of hydrogen-bond acceptors (Lipinski definition) is 8. The summed E-state index contributed by atoms with van der Waals surface area (Å²) < 4.78 is 50.0. The fourth-order valence-corrected chi connectivity index (χ4v) is 26.2. The molecule has 2 amide bonds. The van der Waals surface area contributed by atoms with E-state index in [0.717, 1.165) is 42.8 Å². The van der Waals surface area contributed by atoms with Crippen molar-refractivity contribution in [3.05, 3.63) is 219 Å². The number of primary amides is 2. The molecule has 422 valence electrons. The van der Waals surface area contributed by atoms with E-state index in [1.54, 1.807) is 48.9 Å². The molecule has 6 heterocycles. The smallest absolute Gasteiger partial charge is 0.267 e. The quantitative estimate of drug-likeness (QED) is 0.0530. The fraction of sp³-hybridized carbons (Fsp3) is 0.242. The number of unbranched alkanes of at least 4 members (excludes halogenated alkanes) is 3. The van der Waals surface area contributed by atoms with Crippen molar-refractivity contribution in [2.24, 2.45) is 11.5 Å². The van der Waals surface area contributed by atoms with E-state index in [2.05, 4.69) is 83.4 Å². The molecular weight excluding hydrogens is 1250 g/mol. The van der Waals surface area contributed by atoms with Crippen molar-refractivity contribution in [3.8, 4) is 45.0 Å². The van der Waals surface area contributed by atoms with Gasteiger partial charge in [-0.25, -0.2) is 18.7 Å². The van der Waals surface area contributed by atoms with Crippen molar-refractivity contribution in [2.75, 3.05) is 0 Å². The summed E-state index contributed by atoms with van der Waals surface area (Å²) in [5.74, 6) is -0.505. The van der Waals surface area contributed by atoms with E-state index in [0.29, 0.717) is 45.3 Å². The zero-order chi connectivity index (χ0) is 58.2. The Morgan fingerprint density at radius 2 is 1.02 bits per heavy atom. The van der Waals surface area contributed by atoms with Crippen LogP contribution in [0, 0.1) is 29.1 Å². The van der Waals surface area contributed by atoms with Crippen molar-refractivity contribution < 1.29 is 27.8 Å². The number of nitrogens with zero attached hydrogens (tertiary/aromatic N) is 6. The normalized spacial score (nSPS) is 11.2. The minimum Gasteiger partial charge on any atom is -0.489 e. The van der Waals surface area contributed by atoms with E-state index in [4.69, 9.17) is 25.9 Å². The van der Waals surface area contributed by atoms with Crippen LogP contribution in [0.25, 0.3) is 44.8 Å². The molecule has 10 rings (SSSR count). The molecule has 0 aliphatic heterocycles. The van der Waals surface area contributed by atoms with Crippen LogP contribution in [0.3, 0.4) is 0 Å². The third kappa shape index (κ3) is 15.3. The Hall–Kier alpha value is -7.51. The third-order valence-electron chi connectivity index (χ3n) is 14.4. The Bertz CT molecular complexity index is 3790. The van der Waals surface area contributed by atoms with Crippen molar-refractivity contribution >= 4 is 67.8 Å². The molecule has 6 aromatic heterocycles. The van der Waals surface area contributed by atoms with Gasteiger partial charge in [0.2, 0.25) is 0 Å². The standard InChI is InChI=1S/C27H21FN4O2.C21H15FIN3O2.C6H6N.3C4H9.Sn/c1-17-5-4-8-24(31-17)21-11-10-20(34-16-19-6-2-3-7-23(19)28)13-22(21)18-9-12-26-30-14-25(27(29)33)32(26)15-18;22-17-4-2-1-3-14(17)12-28-15-6-7-18(23)16(9-15)13-5-8-20-25-10-19(21(24)27)26(20)11-13;1-6-4-2-3-5-7-6;3*1-3-4-2;/h2-15H,16H2,1H3,(H2,29,33);1-11H,12H2,(H2,24,27);2-4H,1H3;3*1,3-4H2,2H3;. The van der Waals surface area contributed by atoms with Gasteiger partial charge in [-0.15, -0.1) is 0 Å². The number of aromatic nitrogens is 6. The van der Waals surface area contributed by atoms with Crippen molar-refractivity contribution in [2.45, 2.75) is 99.7 Å². The molecule has 82 heavy (non-hydrogen) atoms. The predicted molar refractivity (Wildman–Crippen MR) is 334 cm³/mol. The Labute approximate surface area is 496 Å². The second kappa shape index (κ2) is 29.0. The number of imidazole rings is 2. The van der Waals surface area contributed by atoms with Gasteiger partial charge < -0.3 is 20.9 Å². The number of fused-ring (bicyclic) bond motifs is 2. The molecule has 0 radical (unpaired) electrons. The number of rotatable bonds is 21. The summed E-state index contributed by atoms with van der Waals surface area (Å²) in [5.41, 5.74) is 21.0. The van der Waals surface area contributed by atoms with E-state index in [1.165, 1.54) is 82.1 Å².